The molecule has 100 valence electrons. The number of nitrogens with two attached hydrogens (primary N) is 1. The summed E-state index contributed by atoms with van der Waals surface area (Å²) in [6.07, 6.45) is 5.03. The first-order valence-electron chi connectivity index (χ1n) is 6.30. The summed E-state index contributed by atoms with van der Waals surface area (Å²) in [7, 11) is 1.63. The van der Waals surface area contributed by atoms with Crippen LogP contribution in [0.1, 0.15) is 36.3 Å². The zero-order chi connectivity index (χ0) is 13.0. The molecule has 0 bridgehead atoms. The van der Waals surface area contributed by atoms with E-state index in [0.717, 1.165) is 28.8 Å². The fourth-order valence-corrected chi connectivity index (χ4v) is 3.16. The van der Waals surface area contributed by atoms with E-state index in [1.54, 1.807) is 7.11 Å². The molecule has 0 radical (unpaired) electrons. The van der Waals surface area contributed by atoms with E-state index < -0.39 is 0 Å². The average molecular weight is 268 g/mol. The van der Waals surface area contributed by atoms with Gasteiger partial charge in [-0.2, -0.15) is 0 Å². The largest absolute Gasteiger partial charge is 0.383 e. The Morgan fingerprint density at radius 1 is 1.39 bits per heavy atom. The van der Waals surface area contributed by atoms with Crippen molar-refractivity contribution >= 4 is 22.3 Å². The number of hydrogen-bond acceptors (Lipinski definition) is 5. The third kappa shape index (κ3) is 3.00. The third-order valence-corrected chi connectivity index (χ3v) is 4.28. The van der Waals surface area contributed by atoms with Gasteiger partial charge in [0.1, 0.15) is 5.84 Å². The van der Waals surface area contributed by atoms with Crippen molar-refractivity contribution in [2.45, 2.75) is 32.3 Å². The summed E-state index contributed by atoms with van der Waals surface area (Å²) in [5.41, 5.74) is 6.38. The van der Waals surface area contributed by atoms with Gasteiger partial charge in [0.2, 0.25) is 0 Å². The van der Waals surface area contributed by atoms with Crippen LogP contribution >= 0.6 is 11.3 Å². The molecule has 1 aromatic rings. The molecule has 1 fully saturated rings. The highest BCUT2D eigenvalue weighted by atomic mass is 32.1. The van der Waals surface area contributed by atoms with Gasteiger partial charge in [-0.25, -0.2) is 4.98 Å². The smallest absolute Gasteiger partial charge is 0.186 e. The number of nitrogens with one attached hydrogen (secondary N) is 1. The first-order valence-corrected chi connectivity index (χ1v) is 7.12. The highest BCUT2D eigenvalue weighted by molar-refractivity contribution is 7.17. The number of nitrogens with zero attached hydrogens (tertiary/aromatic N) is 2. The number of nitrogen functional groups attached to an aromatic ring is 1. The molecule has 1 saturated heterocycles. The Morgan fingerprint density at radius 3 is 2.61 bits per heavy atom. The summed E-state index contributed by atoms with van der Waals surface area (Å²) in [6.45, 7) is 2.52. The summed E-state index contributed by atoms with van der Waals surface area (Å²) >= 11 is 1.51. The Bertz CT molecular complexity index is 410. The van der Waals surface area contributed by atoms with Crippen LogP contribution in [-0.2, 0) is 11.3 Å². The molecule has 1 aliphatic heterocycles. The maximum atomic E-state index is 7.60. The van der Waals surface area contributed by atoms with Crippen LogP contribution in [0.5, 0.6) is 0 Å². The van der Waals surface area contributed by atoms with Crippen LogP contribution in [0.4, 0.5) is 5.13 Å². The molecule has 1 aromatic heterocycles. The summed E-state index contributed by atoms with van der Waals surface area (Å²) in [5.74, 6) is 0.0839. The van der Waals surface area contributed by atoms with Gasteiger partial charge in [-0.3, -0.25) is 5.41 Å². The number of thiazole rings is 1. The molecule has 3 N–H and O–H groups in total. The van der Waals surface area contributed by atoms with E-state index in [1.165, 1.54) is 37.0 Å². The molecule has 0 aromatic carbocycles. The van der Waals surface area contributed by atoms with Crippen molar-refractivity contribution in [3.05, 3.63) is 10.6 Å². The highest BCUT2D eigenvalue weighted by Crippen LogP contribution is 2.28. The predicted molar refractivity (Wildman–Crippen MR) is 74.5 cm³/mol. The van der Waals surface area contributed by atoms with Crippen LogP contribution in [0, 0.1) is 5.41 Å². The van der Waals surface area contributed by atoms with Crippen LogP contribution in [0.2, 0.25) is 0 Å². The Morgan fingerprint density at radius 2 is 2.06 bits per heavy atom. The first kappa shape index (κ1) is 13.3. The van der Waals surface area contributed by atoms with Crippen molar-refractivity contribution in [1.29, 1.82) is 5.41 Å². The fraction of sp³-hybridized carbons (Fsp3) is 0.667. The molecule has 0 aliphatic carbocycles. The SMILES string of the molecule is COCc1nc(N2CCCCCC2)sc1C(=N)N. The summed E-state index contributed by atoms with van der Waals surface area (Å²) < 4.78 is 5.12. The van der Waals surface area contributed by atoms with E-state index in [-0.39, 0.29) is 5.84 Å². The Kier molecular flexibility index (Phi) is 4.54. The topological polar surface area (TPSA) is 75.2 Å². The molecule has 0 unspecified atom stereocenters. The maximum absolute atomic E-state index is 7.60. The van der Waals surface area contributed by atoms with Crippen LogP contribution in [-0.4, -0.2) is 31.0 Å². The number of hydrogen-bond donors (Lipinski definition) is 2. The molecule has 0 atom stereocenters. The second-order valence-corrected chi connectivity index (χ2v) is 5.50. The molecule has 0 spiro atoms. The fourth-order valence-electron chi connectivity index (χ4n) is 2.18. The lowest BCUT2D eigenvalue weighted by Crippen LogP contribution is -2.23. The lowest BCUT2D eigenvalue weighted by molar-refractivity contribution is 0.182. The van der Waals surface area contributed by atoms with Crippen molar-refractivity contribution in [3.63, 3.8) is 0 Å². The highest BCUT2D eigenvalue weighted by Gasteiger charge is 2.18. The van der Waals surface area contributed by atoms with Gasteiger partial charge >= 0.3 is 0 Å². The van der Waals surface area contributed by atoms with Gasteiger partial charge in [0.05, 0.1) is 17.2 Å². The van der Waals surface area contributed by atoms with Gasteiger partial charge in [-0.15, -0.1) is 0 Å². The van der Waals surface area contributed by atoms with Gasteiger partial charge in [0, 0.05) is 20.2 Å². The van der Waals surface area contributed by atoms with Crippen LogP contribution in [0.15, 0.2) is 0 Å². The minimum Gasteiger partial charge on any atom is -0.383 e. The number of rotatable bonds is 4. The summed E-state index contributed by atoms with van der Waals surface area (Å²) in [5, 5.41) is 8.58. The van der Waals surface area contributed by atoms with E-state index in [9.17, 15) is 0 Å². The Hall–Kier alpha value is -1.14. The molecule has 0 saturated carbocycles. The average Bonchev–Trinajstić information content (AvgIpc) is 2.59. The number of ether oxygens (including phenoxy) is 1. The number of aromatic nitrogens is 1. The predicted octanol–water partition coefficient (Wildman–Crippen LogP) is 1.95. The van der Waals surface area contributed by atoms with E-state index in [4.69, 9.17) is 15.9 Å². The lowest BCUT2D eigenvalue weighted by atomic mass is 10.2. The molecule has 0 amide bonds. The molecule has 18 heavy (non-hydrogen) atoms. The Balaban J connectivity index is 2.21. The van der Waals surface area contributed by atoms with Gasteiger partial charge < -0.3 is 15.4 Å². The second kappa shape index (κ2) is 6.15. The third-order valence-electron chi connectivity index (χ3n) is 3.09. The number of amidine groups is 1. The van der Waals surface area contributed by atoms with E-state index in [2.05, 4.69) is 9.88 Å². The van der Waals surface area contributed by atoms with Crippen molar-refractivity contribution in [1.82, 2.24) is 4.98 Å². The minimum absolute atomic E-state index is 0.0839. The normalized spacial score (nSPS) is 16.6. The molecular formula is C12H20N4OS. The van der Waals surface area contributed by atoms with E-state index in [1.807, 2.05) is 0 Å². The maximum Gasteiger partial charge on any atom is 0.186 e. The van der Waals surface area contributed by atoms with E-state index in [0.29, 0.717) is 6.61 Å². The van der Waals surface area contributed by atoms with Gasteiger partial charge in [0.25, 0.3) is 0 Å². The Labute approximate surface area is 111 Å². The number of anilines is 1. The lowest BCUT2D eigenvalue weighted by Gasteiger charge is -2.18. The second-order valence-electron chi connectivity index (χ2n) is 4.52. The molecule has 2 rings (SSSR count). The molecule has 1 aliphatic rings. The molecule has 6 heteroatoms. The van der Waals surface area contributed by atoms with Gasteiger partial charge in [-0.05, 0) is 12.8 Å². The molecular weight excluding hydrogens is 248 g/mol. The zero-order valence-electron chi connectivity index (χ0n) is 10.7. The summed E-state index contributed by atoms with van der Waals surface area (Å²) in [4.78, 5) is 7.64. The quantitative estimate of drug-likeness (QED) is 0.646. The van der Waals surface area contributed by atoms with Crippen molar-refractivity contribution < 1.29 is 4.74 Å². The zero-order valence-corrected chi connectivity index (χ0v) is 11.6. The molecule has 5 nitrogen and oxygen atoms in total. The minimum atomic E-state index is 0.0839. The molecule has 2 heterocycles. The standard InChI is InChI=1S/C12H20N4OS/c1-17-8-9-10(11(13)14)18-12(15-9)16-6-4-2-3-5-7-16/h2-8H2,1H3,(H3,13,14). The van der Waals surface area contributed by atoms with Crippen molar-refractivity contribution in [2.24, 2.45) is 5.73 Å². The first-order chi connectivity index (χ1) is 8.72. The van der Waals surface area contributed by atoms with Gasteiger partial charge in [0.15, 0.2) is 5.13 Å². The number of methoxy groups -OCH3 is 1. The summed E-state index contributed by atoms with van der Waals surface area (Å²) in [6, 6.07) is 0. The van der Waals surface area contributed by atoms with Crippen molar-refractivity contribution in [3.8, 4) is 0 Å². The van der Waals surface area contributed by atoms with Crippen LogP contribution < -0.4 is 10.6 Å². The van der Waals surface area contributed by atoms with Crippen molar-refractivity contribution in [2.75, 3.05) is 25.1 Å². The van der Waals surface area contributed by atoms with Crippen LogP contribution in [0.25, 0.3) is 0 Å². The monoisotopic (exact) mass is 268 g/mol. The van der Waals surface area contributed by atoms with Gasteiger partial charge in [-0.1, -0.05) is 24.2 Å². The van der Waals surface area contributed by atoms with Crippen LogP contribution in [0.3, 0.4) is 0 Å². The van der Waals surface area contributed by atoms with E-state index >= 15 is 0 Å².